The molecule has 0 fully saturated rings. The van der Waals surface area contributed by atoms with Crippen LogP contribution in [0.5, 0.6) is 11.5 Å². The molecular weight excluding hydrogens is 340 g/mol. The number of guanidine groups is 1. The quantitative estimate of drug-likeness (QED) is 0.442. The van der Waals surface area contributed by atoms with Gasteiger partial charge in [0.05, 0.1) is 20.2 Å². The topological polar surface area (TPSA) is 51.0 Å². The molecule has 0 radical (unpaired) electrons. The number of hydrogen-bond acceptors (Lipinski definition) is 3. The number of aromatic nitrogens is 1. The Balaban J connectivity index is 2.13. The zero-order chi connectivity index (χ0) is 19.6. The van der Waals surface area contributed by atoms with Crippen molar-refractivity contribution in [2.45, 2.75) is 20.0 Å². The molecule has 0 unspecified atom stereocenters. The van der Waals surface area contributed by atoms with E-state index in [1.165, 1.54) is 5.69 Å². The van der Waals surface area contributed by atoms with Gasteiger partial charge in [-0.2, -0.15) is 0 Å². The molecule has 2 rings (SSSR count). The third-order valence-corrected chi connectivity index (χ3v) is 4.10. The molecule has 0 aliphatic heterocycles. The molecular formula is C21H28N4O2. The van der Waals surface area contributed by atoms with Gasteiger partial charge in [0, 0.05) is 32.5 Å². The lowest BCUT2D eigenvalue weighted by Gasteiger charge is -2.22. The standard InChI is InChI=1S/C21H28N4O2/c1-6-13-27-20-14-17(10-11-19(20)26-5)15-23-21(22-7-2)25(4)16-18-9-8-12-24(18)3/h1,8-12,14H,7,13,15-16H2,2-5H3,(H,22,23). The van der Waals surface area contributed by atoms with E-state index in [1.54, 1.807) is 7.11 Å². The number of aryl methyl sites for hydroxylation is 1. The first-order chi connectivity index (χ1) is 13.1. The SMILES string of the molecule is C#CCOc1cc(CN=C(NCC)N(C)Cc2cccn2C)ccc1OC. The highest BCUT2D eigenvalue weighted by Gasteiger charge is 2.09. The van der Waals surface area contributed by atoms with Crippen molar-refractivity contribution in [3.8, 4) is 23.8 Å². The van der Waals surface area contributed by atoms with Crippen LogP contribution in [0, 0.1) is 12.3 Å². The molecule has 2 aromatic rings. The van der Waals surface area contributed by atoms with Gasteiger partial charge in [0.25, 0.3) is 0 Å². The van der Waals surface area contributed by atoms with E-state index >= 15 is 0 Å². The number of hydrogen-bond donors (Lipinski definition) is 1. The largest absolute Gasteiger partial charge is 0.493 e. The van der Waals surface area contributed by atoms with Gasteiger partial charge >= 0.3 is 0 Å². The highest BCUT2D eigenvalue weighted by Crippen LogP contribution is 2.28. The molecule has 0 amide bonds. The molecule has 0 aliphatic carbocycles. The van der Waals surface area contributed by atoms with Gasteiger partial charge in [-0.25, -0.2) is 4.99 Å². The third-order valence-electron chi connectivity index (χ3n) is 4.10. The number of aliphatic imine (C=N–C) groups is 1. The van der Waals surface area contributed by atoms with Crippen LogP contribution < -0.4 is 14.8 Å². The first-order valence-corrected chi connectivity index (χ1v) is 8.91. The summed E-state index contributed by atoms with van der Waals surface area (Å²) < 4.78 is 13.0. The fraction of sp³-hybridized carbons (Fsp3) is 0.381. The number of methoxy groups -OCH3 is 1. The summed E-state index contributed by atoms with van der Waals surface area (Å²) in [7, 11) is 5.68. The predicted molar refractivity (Wildman–Crippen MR) is 109 cm³/mol. The summed E-state index contributed by atoms with van der Waals surface area (Å²) in [5.41, 5.74) is 2.24. The van der Waals surface area contributed by atoms with Crippen molar-refractivity contribution in [2.24, 2.45) is 12.0 Å². The molecule has 1 aromatic heterocycles. The second-order valence-electron chi connectivity index (χ2n) is 6.11. The van der Waals surface area contributed by atoms with Gasteiger partial charge in [0.15, 0.2) is 17.5 Å². The van der Waals surface area contributed by atoms with Crippen LogP contribution in [0.15, 0.2) is 41.5 Å². The molecule has 0 saturated carbocycles. The zero-order valence-electron chi connectivity index (χ0n) is 16.5. The van der Waals surface area contributed by atoms with Crippen LogP contribution in [-0.4, -0.2) is 42.7 Å². The summed E-state index contributed by atoms with van der Waals surface area (Å²) >= 11 is 0. The van der Waals surface area contributed by atoms with E-state index in [1.807, 2.05) is 44.6 Å². The lowest BCUT2D eigenvalue weighted by atomic mass is 10.2. The van der Waals surface area contributed by atoms with Gasteiger partial charge in [-0.1, -0.05) is 12.0 Å². The molecule has 0 atom stereocenters. The van der Waals surface area contributed by atoms with Crippen molar-refractivity contribution in [1.82, 2.24) is 14.8 Å². The number of rotatable bonds is 8. The van der Waals surface area contributed by atoms with Crippen LogP contribution in [0.1, 0.15) is 18.2 Å². The van der Waals surface area contributed by atoms with Crippen molar-refractivity contribution >= 4 is 5.96 Å². The molecule has 27 heavy (non-hydrogen) atoms. The van der Waals surface area contributed by atoms with Gasteiger partial charge in [0.2, 0.25) is 0 Å². The monoisotopic (exact) mass is 368 g/mol. The molecule has 0 bridgehead atoms. The number of ether oxygens (including phenoxy) is 2. The molecule has 1 aromatic carbocycles. The van der Waals surface area contributed by atoms with Gasteiger partial charge in [-0.3, -0.25) is 0 Å². The molecule has 0 spiro atoms. The minimum atomic E-state index is 0.200. The fourth-order valence-corrected chi connectivity index (χ4v) is 2.67. The van der Waals surface area contributed by atoms with E-state index in [2.05, 4.69) is 33.7 Å². The maximum absolute atomic E-state index is 5.56. The van der Waals surface area contributed by atoms with E-state index in [9.17, 15) is 0 Å². The molecule has 144 valence electrons. The first kappa shape index (κ1) is 20.2. The van der Waals surface area contributed by atoms with Crippen LogP contribution in [0.2, 0.25) is 0 Å². The average Bonchev–Trinajstić information content (AvgIpc) is 3.07. The maximum Gasteiger partial charge on any atom is 0.194 e. The Morgan fingerprint density at radius 2 is 2.15 bits per heavy atom. The second-order valence-corrected chi connectivity index (χ2v) is 6.11. The highest BCUT2D eigenvalue weighted by atomic mass is 16.5. The van der Waals surface area contributed by atoms with E-state index in [0.29, 0.717) is 18.0 Å². The zero-order valence-corrected chi connectivity index (χ0v) is 16.5. The summed E-state index contributed by atoms with van der Waals surface area (Å²) in [6, 6.07) is 9.92. The summed E-state index contributed by atoms with van der Waals surface area (Å²) in [5.74, 6) is 4.61. The molecule has 1 heterocycles. The van der Waals surface area contributed by atoms with E-state index in [4.69, 9.17) is 20.9 Å². The van der Waals surface area contributed by atoms with Gasteiger partial charge < -0.3 is 24.3 Å². The van der Waals surface area contributed by atoms with Crippen LogP contribution in [0.25, 0.3) is 0 Å². The molecule has 1 N–H and O–H groups in total. The Kier molecular flexibility index (Phi) is 7.63. The average molecular weight is 368 g/mol. The van der Waals surface area contributed by atoms with Crippen molar-refractivity contribution in [3.05, 3.63) is 47.8 Å². The maximum atomic E-state index is 5.56. The van der Waals surface area contributed by atoms with Crippen molar-refractivity contribution in [1.29, 1.82) is 0 Å². The fourth-order valence-electron chi connectivity index (χ4n) is 2.67. The smallest absolute Gasteiger partial charge is 0.194 e. The lowest BCUT2D eigenvalue weighted by molar-refractivity contribution is 0.330. The Bertz CT molecular complexity index is 805. The van der Waals surface area contributed by atoms with Crippen molar-refractivity contribution in [2.75, 3.05) is 27.3 Å². The van der Waals surface area contributed by atoms with E-state index in [0.717, 1.165) is 24.6 Å². The van der Waals surface area contributed by atoms with Gasteiger partial charge in [-0.15, -0.1) is 6.42 Å². The minimum Gasteiger partial charge on any atom is -0.493 e. The van der Waals surface area contributed by atoms with E-state index < -0.39 is 0 Å². The van der Waals surface area contributed by atoms with Crippen LogP contribution >= 0.6 is 0 Å². The predicted octanol–water partition coefficient (Wildman–Crippen LogP) is 2.64. The number of nitrogens with zero attached hydrogens (tertiary/aromatic N) is 3. The van der Waals surface area contributed by atoms with E-state index in [-0.39, 0.29) is 6.61 Å². The third kappa shape index (κ3) is 5.71. The molecule has 6 heteroatoms. The molecule has 6 nitrogen and oxygen atoms in total. The Labute approximate surface area is 161 Å². The van der Waals surface area contributed by atoms with Crippen molar-refractivity contribution < 1.29 is 9.47 Å². The Morgan fingerprint density at radius 3 is 2.78 bits per heavy atom. The highest BCUT2D eigenvalue weighted by molar-refractivity contribution is 5.79. The Morgan fingerprint density at radius 1 is 1.33 bits per heavy atom. The number of benzene rings is 1. The molecule has 0 saturated heterocycles. The minimum absolute atomic E-state index is 0.200. The van der Waals surface area contributed by atoms with Crippen LogP contribution in [0.4, 0.5) is 0 Å². The molecule has 0 aliphatic rings. The number of nitrogens with one attached hydrogen (secondary N) is 1. The summed E-state index contributed by atoms with van der Waals surface area (Å²) in [4.78, 5) is 6.87. The van der Waals surface area contributed by atoms with Crippen molar-refractivity contribution in [3.63, 3.8) is 0 Å². The van der Waals surface area contributed by atoms with Crippen LogP contribution in [0.3, 0.4) is 0 Å². The summed E-state index contributed by atoms with van der Waals surface area (Å²) in [6.07, 6.45) is 7.33. The Hall–Kier alpha value is -3.07. The normalized spacial score (nSPS) is 11.0. The summed E-state index contributed by atoms with van der Waals surface area (Å²) in [6.45, 7) is 4.36. The first-order valence-electron chi connectivity index (χ1n) is 8.91. The van der Waals surface area contributed by atoms with Crippen LogP contribution in [-0.2, 0) is 20.1 Å². The number of terminal acetylenes is 1. The van der Waals surface area contributed by atoms with Gasteiger partial charge in [0.1, 0.15) is 6.61 Å². The lowest BCUT2D eigenvalue weighted by Crippen LogP contribution is -2.38. The second kappa shape index (κ2) is 10.2. The summed E-state index contributed by atoms with van der Waals surface area (Å²) in [5, 5.41) is 3.34. The van der Waals surface area contributed by atoms with Gasteiger partial charge in [-0.05, 0) is 36.8 Å².